The molecule has 3 heteroatoms. The van der Waals surface area contributed by atoms with Crippen molar-refractivity contribution in [1.29, 1.82) is 0 Å². The fraction of sp³-hybridized carbons (Fsp3) is 0.333. The second kappa shape index (κ2) is 5.63. The molecule has 0 fully saturated rings. The molecule has 15 heavy (non-hydrogen) atoms. The van der Waals surface area contributed by atoms with Gasteiger partial charge in [0.25, 0.3) is 0 Å². The first-order valence-electron chi connectivity index (χ1n) is 5.01. The van der Waals surface area contributed by atoms with E-state index in [1.165, 1.54) is 0 Å². The fourth-order valence-corrected chi connectivity index (χ4v) is 1.22. The Bertz CT molecular complexity index is 305. The van der Waals surface area contributed by atoms with Crippen molar-refractivity contribution in [2.24, 2.45) is 11.5 Å². The van der Waals surface area contributed by atoms with Crippen molar-refractivity contribution < 1.29 is 4.39 Å². The van der Waals surface area contributed by atoms with Crippen molar-refractivity contribution in [3.63, 3.8) is 0 Å². The van der Waals surface area contributed by atoms with E-state index in [1.807, 2.05) is 36.4 Å². The van der Waals surface area contributed by atoms with Crippen molar-refractivity contribution in [3.8, 4) is 0 Å². The van der Waals surface area contributed by atoms with Gasteiger partial charge in [-0.05, 0) is 5.56 Å². The van der Waals surface area contributed by atoms with Crippen LogP contribution in [0.25, 0.3) is 6.08 Å². The molecular weight excluding hydrogens is 191 g/mol. The summed E-state index contributed by atoms with van der Waals surface area (Å²) in [5.41, 5.74) is 10.2. The maximum atomic E-state index is 13.7. The Morgan fingerprint density at radius 1 is 1.13 bits per heavy atom. The minimum absolute atomic E-state index is 0.0391. The SMILES string of the molecule is NCC(F)(CN)C/C=C/c1ccccc1. The minimum atomic E-state index is -1.47. The van der Waals surface area contributed by atoms with Crippen LogP contribution in [-0.2, 0) is 0 Å². The molecular formula is C12H17FN2. The molecule has 0 spiro atoms. The van der Waals surface area contributed by atoms with Crippen LogP contribution in [0.4, 0.5) is 4.39 Å². The molecule has 1 aromatic rings. The average molecular weight is 208 g/mol. The molecule has 0 aromatic heterocycles. The molecule has 82 valence electrons. The van der Waals surface area contributed by atoms with Crippen LogP contribution >= 0.6 is 0 Å². The predicted octanol–water partition coefficient (Wildman–Crippen LogP) is 1.72. The van der Waals surface area contributed by atoms with Crippen molar-refractivity contribution in [2.75, 3.05) is 13.1 Å². The Kier molecular flexibility index (Phi) is 4.46. The molecule has 0 aliphatic heterocycles. The quantitative estimate of drug-likeness (QED) is 0.774. The fourth-order valence-electron chi connectivity index (χ4n) is 1.22. The lowest BCUT2D eigenvalue weighted by Gasteiger charge is -2.19. The van der Waals surface area contributed by atoms with Crippen molar-refractivity contribution in [3.05, 3.63) is 42.0 Å². The van der Waals surface area contributed by atoms with Gasteiger partial charge in [0, 0.05) is 19.5 Å². The molecule has 0 aliphatic rings. The zero-order valence-corrected chi connectivity index (χ0v) is 8.70. The number of hydrogen-bond acceptors (Lipinski definition) is 2. The lowest BCUT2D eigenvalue weighted by atomic mass is 10.0. The normalized spacial score (nSPS) is 12.2. The molecule has 0 aliphatic carbocycles. The molecule has 0 radical (unpaired) electrons. The third-order valence-corrected chi connectivity index (χ3v) is 2.33. The molecule has 0 heterocycles. The molecule has 4 N–H and O–H groups in total. The number of halogens is 1. The van der Waals surface area contributed by atoms with Gasteiger partial charge in [0.05, 0.1) is 0 Å². The molecule has 0 atom stereocenters. The molecule has 0 saturated carbocycles. The highest BCUT2D eigenvalue weighted by atomic mass is 19.1. The average Bonchev–Trinajstić information content (AvgIpc) is 2.30. The van der Waals surface area contributed by atoms with E-state index in [9.17, 15) is 4.39 Å². The van der Waals surface area contributed by atoms with E-state index in [4.69, 9.17) is 11.5 Å². The zero-order valence-electron chi connectivity index (χ0n) is 8.70. The van der Waals surface area contributed by atoms with Crippen LogP contribution in [0.5, 0.6) is 0 Å². The summed E-state index contributed by atoms with van der Waals surface area (Å²) >= 11 is 0. The molecule has 0 amide bonds. The monoisotopic (exact) mass is 208 g/mol. The molecule has 0 unspecified atom stereocenters. The number of rotatable bonds is 5. The van der Waals surface area contributed by atoms with E-state index in [2.05, 4.69) is 0 Å². The van der Waals surface area contributed by atoms with E-state index in [0.717, 1.165) is 5.56 Å². The highest BCUT2D eigenvalue weighted by Crippen LogP contribution is 2.14. The van der Waals surface area contributed by atoms with Gasteiger partial charge in [-0.1, -0.05) is 42.5 Å². The van der Waals surface area contributed by atoms with E-state index < -0.39 is 5.67 Å². The summed E-state index contributed by atoms with van der Waals surface area (Å²) in [6, 6.07) is 9.74. The summed E-state index contributed by atoms with van der Waals surface area (Å²) in [6.45, 7) is -0.0781. The van der Waals surface area contributed by atoms with Gasteiger partial charge in [-0.15, -0.1) is 0 Å². The van der Waals surface area contributed by atoms with Crippen molar-refractivity contribution in [1.82, 2.24) is 0 Å². The van der Waals surface area contributed by atoms with Gasteiger partial charge < -0.3 is 11.5 Å². The lowest BCUT2D eigenvalue weighted by molar-refractivity contribution is 0.188. The second-order valence-corrected chi connectivity index (χ2v) is 3.58. The molecule has 2 nitrogen and oxygen atoms in total. The second-order valence-electron chi connectivity index (χ2n) is 3.58. The van der Waals surface area contributed by atoms with Crippen LogP contribution in [0.3, 0.4) is 0 Å². The Labute approximate surface area is 89.8 Å². The van der Waals surface area contributed by atoms with Crippen LogP contribution < -0.4 is 11.5 Å². The Balaban J connectivity index is 2.53. The van der Waals surface area contributed by atoms with Crippen molar-refractivity contribution in [2.45, 2.75) is 12.1 Å². The van der Waals surface area contributed by atoms with Crippen LogP contribution in [0.15, 0.2) is 36.4 Å². The summed E-state index contributed by atoms with van der Waals surface area (Å²) in [5.74, 6) is 0. The van der Waals surface area contributed by atoms with Gasteiger partial charge in [0.2, 0.25) is 0 Å². The summed E-state index contributed by atoms with van der Waals surface area (Å²) in [4.78, 5) is 0. The Hall–Kier alpha value is -1.19. The van der Waals surface area contributed by atoms with Gasteiger partial charge in [0.15, 0.2) is 0 Å². The third kappa shape index (κ3) is 3.81. The largest absolute Gasteiger partial charge is 0.327 e. The van der Waals surface area contributed by atoms with Crippen LogP contribution in [0.2, 0.25) is 0 Å². The smallest absolute Gasteiger partial charge is 0.138 e. The maximum Gasteiger partial charge on any atom is 0.138 e. The van der Waals surface area contributed by atoms with Gasteiger partial charge >= 0.3 is 0 Å². The summed E-state index contributed by atoms with van der Waals surface area (Å²) in [6.07, 6.45) is 3.91. The summed E-state index contributed by atoms with van der Waals surface area (Å²) in [5, 5.41) is 0. The topological polar surface area (TPSA) is 52.0 Å². The van der Waals surface area contributed by atoms with E-state index in [0.29, 0.717) is 0 Å². The summed E-state index contributed by atoms with van der Waals surface area (Å²) in [7, 11) is 0. The van der Waals surface area contributed by atoms with Gasteiger partial charge in [-0.3, -0.25) is 0 Å². The predicted molar refractivity (Wildman–Crippen MR) is 62.0 cm³/mol. The zero-order chi connectivity index (χ0) is 11.1. The van der Waals surface area contributed by atoms with Gasteiger partial charge in [0.1, 0.15) is 5.67 Å². The van der Waals surface area contributed by atoms with Crippen LogP contribution in [-0.4, -0.2) is 18.8 Å². The van der Waals surface area contributed by atoms with Crippen LogP contribution in [0.1, 0.15) is 12.0 Å². The van der Waals surface area contributed by atoms with E-state index >= 15 is 0 Å². The third-order valence-electron chi connectivity index (χ3n) is 2.33. The molecule has 1 aromatic carbocycles. The highest BCUT2D eigenvalue weighted by Gasteiger charge is 2.23. The number of alkyl halides is 1. The van der Waals surface area contributed by atoms with Gasteiger partial charge in [-0.25, -0.2) is 4.39 Å². The van der Waals surface area contributed by atoms with Crippen LogP contribution in [0, 0.1) is 0 Å². The number of nitrogens with two attached hydrogens (primary N) is 2. The number of hydrogen-bond donors (Lipinski definition) is 2. The first-order valence-corrected chi connectivity index (χ1v) is 5.01. The van der Waals surface area contributed by atoms with Gasteiger partial charge in [-0.2, -0.15) is 0 Å². The van der Waals surface area contributed by atoms with Crippen molar-refractivity contribution >= 4 is 6.08 Å². The first kappa shape index (κ1) is 11.9. The Morgan fingerprint density at radius 2 is 1.73 bits per heavy atom. The Morgan fingerprint density at radius 3 is 2.27 bits per heavy atom. The molecule has 0 saturated heterocycles. The summed E-state index contributed by atoms with van der Waals surface area (Å²) < 4.78 is 13.7. The number of benzene rings is 1. The molecule has 0 bridgehead atoms. The highest BCUT2D eigenvalue weighted by molar-refractivity contribution is 5.48. The number of allylic oxidation sites excluding steroid dienone is 1. The van der Waals surface area contributed by atoms with E-state index in [1.54, 1.807) is 6.08 Å². The van der Waals surface area contributed by atoms with E-state index in [-0.39, 0.29) is 19.5 Å². The minimum Gasteiger partial charge on any atom is -0.327 e. The molecule has 1 rings (SSSR count). The first-order chi connectivity index (χ1) is 7.20. The maximum absolute atomic E-state index is 13.7. The standard InChI is InChI=1S/C12H17FN2/c13-12(9-14,10-15)8-4-7-11-5-2-1-3-6-11/h1-7H,8-10,14-15H2/b7-4+. The lowest BCUT2D eigenvalue weighted by Crippen LogP contribution is -2.40.